The first kappa shape index (κ1) is 18.8. The van der Waals surface area contributed by atoms with Crippen LogP contribution in [0, 0.1) is 0 Å². The second-order valence-electron chi connectivity index (χ2n) is 6.64. The van der Waals surface area contributed by atoms with Crippen LogP contribution in [-0.4, -0.2) is 21.5 Å². The topological polar surface area (TPSA) is 64.0 Å². The van der Waals surface area contributed by atoms with E-state index in [1.807, 2.05) is 47.8 Å². The van der Waals surface area contributed by atoms with Crippen molar-refractivity contribution in [2.45, 2.75) is 13.5 Å². The first-order chi connectivity index (χ1) is 14.1. The fourth-order valence-electron chi connectivity index (χ4n) is 3.02. The molecule has 0 bridgehead atoms. The zero-order valence-electron chi connectivity index (χ0n) is 15.8. The van der Waals surface area contributed by atoms with Crippen LogP contribution in [0.1, 0.15) is 33.2 Å². The lowest BCUT2D eigenvalue weighted by atomic mass is 10.1. The maximum atomic E-state index is 13.0. The molecule has 0 atom stereocenters. The number of carbonyl (C=O) groups excluding carboxylic acids is 2. The molecule has 0 unspecified atom stereocenters. The molecule has 0 spiro atoms. The van der Waals surface area contributed by atoms with Gasteiger partial charge in [-0.2, -0.15) is 5.10 Å². The quantitative estimate of drug-likeness (QED) is 0.456. The highest BCUT2D eigenvalue weighted by Crippen LogP contribution is 2.27. The zero-order chi connectivity index (χ0) is 20.2. The van der Waals surface area contributed by atoms with E-state index in [0.29, 0.717) is 29.1 Å². The predicted octanol–water partition coefficient (Wildman–Crippen LogP) is 5.11. The van der Waals surface area contributed by atoms with Crippen molar-refractivity contribution >= 4 is 28.7 Å². The number of carbonyl (C=O) groups is 2. The van der Waals surface area contributed by atoms with Crippen LogP contribution in [0.2, 0.25) is 0 Å². The van der Waals surface area contributed by atoms with Crippen molar-refractivity contribution < 1.29 is 9.59 Å². The number of amides is 1. The minimum absolute atomic E-state index is 0.00922. The highest BCUT2D eigenvalue weighted by atomic mass is 32.1. The summed E-state index contributed by atoms with van der Waals surface area (Å²) in [6.07, 6.45) is 1.78. The Morgan fingerprint density at radius 1 is 1.00 bits per heavy atom. The van der Waals surface area contributed by atoms with Crippen LogP contribution in [0.5, 0.6) is 0 Å². The molecule has 5 nitrogen and oxygen atoms in total. The number of hydrogen-bond donors (Lipinski definition) is 1. The largest absolute Gasteiger partial charge is 0.322 e. The Morgan fingerprint density at radius 2 is 1.76 bits per heavy atom. The highest BCUT2D eigenvalue weighted by molar-refractivity contribution is 7.13. The molecule has 29 heavy (non-hydrogen) atoms. The minimum Gasteiger partial charge on any atom is -0.322 e. The fourth-order valence-corrected chi connectivity index (χ4v) is 3.74. The van der Waals surface area contributed by atoms with Crippen LogP contribution in [-0.2, 0) is 6.54 Å². The fraction of sp³-hybridized carbons (Fsp3) is 0.0870. The number of benzene rings is 2. The van der Waals surface area contributed by atoms with Gasteiger partial charge in [0.1, 0.15) is 5.69 Å². The number of nitrogens with zero attached hydrogens (tertiary/aromatic N) is 2. The molecule has 1 amide bonds. The average Bonchev–Trinajstić information content (AvgIpc) is 3.39. The summed E-state index contributed by atoms with van der Waals surface area (Å²) in [5.41, 5.74) is 3.53. The number of rotatable bonds is 6. The molecule has 4 rings (SSSR count). The molecule has 0 radical (unpaired) electrons. The van der Waals surface area contributed by atoms with E-state index in [1.54, 1.807) is 46.5 Å². The Hall–Kier alpha value is -3.51. The van der Waals surface area contributed by atoms with Crippen molar-refractivity contribution in [2.75, 3.05) is 5.32 Å². The van der Waals surface area contributed by atoms with Crippen molar-refractivity contribution in [3.63, 3.8) is 0 Å². The molecule has 2 aromatic heterocycles. The third-order valence-corrected chi connectivity index (χ3v) is 5.37. The van der Waals surface area contributed by atoms with E-state index >= 15 is 0 Å². The van der Waals surface area contributed by atoms with Crippen LogP contribution in [0.25, 0.3) is 10.6 Å². The molecule has 0 aliphatic carbocycles. The summed E-state index contributed by atoms with van der Waals surface area (Å²) in [7, 11) is 0. The minimum atomic E-state index is -0.233. The van der Waals surface area contributed by atoms with E-state index in [9.17, 15) is 9.59 Å². The lowest BCUT2D eigenvalue weighted by Crippen LogP contribution is -2.12. The Morgan fingerprint density at radius 3 is 2.41 bits per heavy atom. The van der Waals surface area contributed by atoms with E-state index < -0.39 is 0 Å². The molecule has 2 aromatic carbocycles. The molecule has 0 aliphatic heterocycles. The van der Waals surface area contributed by atoms with Gasteiger partial charge < -0.3 is 5.32 Å². The van der Waals surface area contributed by atoms with Crippen LogP contribution in [0.4, 0.5) is 5.69 Å². The maximum absolute atomic E-state index is 13.0. The summed E-state index contributed by atoms with van der Waals surface area (Å²) >= 11 is 1.55. The number of aromatic nitrogens is 2. The van der Waals surface area contributed by atoms with E-state index in [2.05, 4.69) is 10.4 Å². The number of thiophene rings is 1. The van der Waals surface area contributed by atoms with Crippen LogP contribution < -0.4 is 5.32 Å². The van der Waals surface area contributed by atoms with E-state index in [4.69, 9.17) is 0 Å². The third-order valence-electron chi connectivity index (χ3n) is 4.50. The van der Waals surface area contributed by atoms with Crippen LogP contribution >= 0.6 is 11.3 Å². The second-order valence-corrected chi connectivity index (χ2v) is 7.59. The number of anilines is 1. The van der Waals surface area contributed by atoms with Gasteiger partial charge in [-0.05, 0) is 48.2 Å². The lowest BCUT2D eigenvalue weighted by Gasteiger charge is -2.05. The van der Waals surface area contributed by atoms with Gasteiger partial charge in [-0.1, -0.05) is 36.4 Å². The van der Waals surface area contributed by atoms with Gasteiger partial charge in [0.25, 0.3) is 5.91 Å². The molecular weight excluding hydrogens is 382 g/mol. The van der Waals surface area contributed by atoms with Gasteiger partial charge in [-0.25, -0.2) is 0 Å². The Balaban J connectivity index is 1.62. The molecule has 6 heteroatoms. The summed E-state index contributed by atoms with van der Waals surface area (Å²) in [5.74, 6) is -0.242. The maximum Gasteiger partial charge on any atom is 0.259 e. The molecule has 0 aliphatic rings. The predicted molar refractivity (Wildman–Crippen MR) is 115 cm³/mol. The molecule has 2 heterocycles. The molecule has 0 saturated carbocycles. The van der Waals surface area contributed by atoms with Crippen molar-refractivity contribution in [1.29, 1.82) is 0 Å². The monoisotopic (exact) mass is 401 g/mol. The molecule has 1 N–H and O–H groups in total. The molecule has 4 aromatic rings. The Labute approximate surface area is 172 Å². The van der Waals surface area contributed by atoms with Crippen molar-refractivity contribution in [3.8, 4) is 10.6 Å². The molecule has 0 saturated heterocycles. The first-order valence-corrected chi connectivity index (χ1v) is 10.1. The van der Waals surface area contributed by atoms with E-state index in [1.165, 1.54) is 6.92 Å². The summed E-state index contributed by atoms with van der Waals surface area (Å²) < 4.78 is 1.79. The summed E-state index contributed by atoms with van der Waals surface area (Å²) in [6.45, 7) is 2.10. The molecule has 144 valence electrons. The Kier molecular flexibility index (Phi) is 5.35. The van der Waals surface area contributed by atoms with Crippen molar-refractivity contribution in [1.82, 2.24) is 9.78 Å². The number of ketones is 1. The van der Waals surface area contributed by atoms with Gasteiger partial charge in [0.15, 0.2) is 5.78 Å². The van der Waals surface area contributed by atoms with Crippen molar-refractivity contribution in [2.24, 2.45) is 0 Å². The highest BCUT2D eigenvalue weighted by Gasteiger charge is 2.19. The van der Waals surface area contributed by atoms with Crippen molar-refractivity contribution in [3.05, 3.63) is 95.0 Å². The Bertz CT molecular complexity index is 1130. The van der Waals surface area contributed by atoms with E-state index in [0.717, 1.165) is 10.4 Å². The summed E-state index contributed by atoms with van der Waals surface area (Å²) in [5, 5.41) is 9.54. The van der Waals surface area contributed by atoms with Gasteiger partial charge in [0, 0.05) is 17.4 Å². The summed E-state index contributed by atoms with van der Waals surface area (Å²) in [4.78, 5) is 25.4. The SMILES string of the molecule is CC(=O)c1ccc(NC(=O)c2cn(Cc3ccccc3)nc2-c2cccs2)cc1. The van der Waals surface area contributed by atoms with Gasteiger partial charge >= 0.3 is 0 Å². The average molecular weight is 401 g/mol. The molecular formula is C23H19N3O2S. The van der Waals surface area contributed by atoms with Crippen LogP contribution in [0.3, 0.4) is 0 Å². The molecule has 0 fully saturated rings. The standard InChI is InChI=1S/C23H19N3O2S/c1-16(27)18-9-11-19(12-10-18)24-23(28)20-15-26(14-17-6-3-2-4-7-17)25-22(20)21-8-5-13-29-21/h2-13,15H,14H2,1H3,(H,24,28). The van der Waals surface area contributed by atoms with Gasteiger partial charge in [-0.3, -0.25) is 14.3 Å². The summed E-state index contributed by atoms with van der Waals surface area (Å²) in [6, 6.07) is 20.8. The van der Waals surface area contributed by atoms with Gasteiger partial charge in [0.05, 0.1) is 17.0 Å². The van der Waals surface area contributed by atoms with E-state index in [-0.39, 0.29) is 11.7 Å². The zero-order valence-corrected chi connectivity index (χ0v) is 16.6. The smallest absolute Gasteiger partial charge is 0.259 e. The van der Waals surface area contributed by atoms with Crippen LogP contribution in [0.15, 0.2) is 78.3 Å². The third kappa shape index (κ3) is 4.33. The number of nitrogens with one attached hydrogen (secondary N) is 1. The number of Topliss-reactive ketones (excluding diaryl/α,β-unsaturated/α-hetero) is 1. The van der Waals surface area contributed by atoms with Gasteiger partial charge in [0.2, 0.25) is 0 Å². The normalized spacial score (nSPS) is 10.7. The second kappa shape index (κ2) is 8.24. The number of hydrogen-bond acceptors (Lipinski definition) is 4. The van der Waals surface area contributed by atoms with Gasteiger partial charge in [-0.15, -0.1) is 11.3 Å². The first-order valence-electron chi connectivity index (χ1n) is 9.18. The lowest BCUT2D eigenvalue weighted by molar-refractivity contribution is 0.101.